The van der Waals surface area contributed by atoms with Gasteiger partial charge in [-0.05, 0) is 38.0 Å². The number of benzene rings is 1. The van der Waals surface area contributed by atoms with Gasteiger partial charge in [0.25, 0.3) is 0 Å². The van der Waals surface area contributed by atoms with Crippen molar-refractivity contribution < 1.29 is 0 Å². The predicted molar refractivity (Wildman–Crippen MR) is 80.7 cm³/mol. The lowest BCUT2D eigenvalue weighted by molar-refractivity contribution is 0.0866. The molecule has 1 saturated heterocycles. The maximum Gasteiger partial charge on any atom is 0.0278 e. The van der Waals surface area contributed by atoms with Crippen LogP contribution in [0.1, 0.15) is 32.8 Å². The van der Waals surface area contributed by atoms with Gasteiger partial charge in [-0.25, -0.2) is 0 Å². The Hall–Kier alpha value is -0.380. The molecule has 0 aliphatic carbocycles. The van der Waals surface area contributed by atoms with Crippen LogP contribution in [0.4, 0.5) is 0 Å². The normalized spacial score (nSPS) is 29.4. The summed E-state index contributed by atoms with van der Waals surface area (Å²) in [7, 11) is 0. The van der Waals surface area contributed by atoms with Crippen LogP contribution in [-0.4, -0.2) is 29.6 Å². The van der Waals surface area contributed by atoms with Crippen LogP contribution in [0, 0.1) is 0 Å². The Morgan fingerprint density at radius 1 is 1.50 bits per heavy atom. The highest BCUT2D eigenvalue weighted by Gasteiger charge is 2.32. The summed E-state index contributed by atoms with van der Waals surface area (Å²) in [5.41, 5.74) is 1.65. The van der Waals surface area contributed by atoms with Gasteiger partial charge in [-0.1, -0.05) is 35.0 Å². The van der Waals surface area contributed by atoms with Crippen LogP contribution in [0.2, 0.25) is 0 Å². The fraction of sp³-hybridized carbons (Fsp3) is 0.600. The van der Waals surface area contributed by atoms with E-state index in [4.69, 9.17) is 0 Å². The Balaban J connectivity index is 2.07. The van der Waals surface area contributed by atoms with Crippen molar-refractivity contribution in [2.75, 3.05) is 13.1 Å². The number of piperazine rings is 1. The average Bonchev–Trinajstić information content (AvgIpc) is 2.34. The number of nitrogens with zero attached hydrogens (tertiary/aromatic N) is 1. The molecular formula is C15H23BrN2. The first-order valence-corrected chi connectivity index (χ1v) is 7.55. The van der Waals surface area contributed by atoms with Crippen molar-refractivity contribution in [1.82, 2.24) is 10.2 Å². The average molecular weight is 311 g/mol. The highest BCUT2D eigenvalue weighted by molar-refractivity contribution is 9.10. The van der Waals surface area contributed by atoms with Gasteiger partial charge in [0, 0.05) is 35.7 Å². The van der Waals surface area contributed by atoms with Gasteiger partial charge in [-0.15, -0.1) is 0 Å². The maximum atomic E-state index is 3.67. The molecular weight excluding hydrogens is 288 g/mol. The molecule has 1 aromatic carbocycles. The van der Waals surface area contributed by atoms with Gasteiger partial charge in [-0.2, -0.15) is 0 Å². The van der Waals surface area contributed by atoms with Crippen LogP contribution in [0.15, 0.2) is 28.7 Å². The van der Waals surface area contributed by atoms with Crippen molar-refractivity contribution in [3.05, 3.63) is 34.3 Å². The van der Waals surface area contributed by atoms with E-state index >= 15 is 0 Å². The summed E-state index contributed by atoms with van der Waals surface area (Å²) < 4.78 is 1.17. The number of hydrogen-bond donors (Lipinski definition) is 1. The standard InChI is InChI=1S/C15H23BrN2/c1-4-15(3)11-18(12(2)9-17-15)10-13-6-5-7-14(16)8-13/h5-8,12,17H,4,9-11H2,1-3H3. The molecule has 3 heteroatoms. The smallest absolute Gasteiger partial charge is 0.0278 e. The van der Waals surface area contributed by atoms with Crippen molar-refractivity contribution in [2.24, 2.45) is 0 Å². The molecule has 2 rings (SSSR count). The molecule has 1 fully saturated rings. The molecule has 18 heavy (non-hydrogen) atoms. The summed E-state index contributed by atoms with van der Waals surface area (Å²) in [6.45, 7) is 10.1. The minimum Gasteiger partial charge on any atom is -0.309 e. The van der Waals surface area contributed by atoms with E-state index in [2.05, 4.69) is 71.2 Å². The summed E-state index contributed by atoms with van der Waals surface area (Å²) in [5.74, 6) is 0. The van der Waals surface area contributed by atoms with E-state index in [0.29, 0.717) is 6.04 Å². The van der Waals surface area contributed by atoms with E-state index in [9.17, 15) is 0 Å². The molecule has 0 radical (unpaired) electrons. The number of rotatable bonds is 3. The van der Waals surface area contributed by atoms with Crippen LogP contribution in [-0.2, 0) is 6.54 Å². The second-order valence-corrected chi connectivity index (χ2v) is 6.59. The van der Waals surface area contributed by atoms with Crippen LogP contribution in [0.3, 0.4) is 0 Å². The van der Waals surface area contributed by atoms with Crippen LogP contribution in [0.5, 0.6) is 0 Å². The molecule has 1 aromatic rings. The first-order valence-electron chi connectivity index (χ1n) is 6.76. The van der Waals surface area contributed by atoms with Gasteiger partial charge in [-0.3, -0.25) is 4.90 Å². The lowest BCUT2D eigenvalue weighted by atomic mass is 9.93. The second-order valence-electron chi connectivity index (χ2n) is 5.68. The molecule has 0 aromatic heterocycles. The molecule has 0 saturated carbocycles. The molecule has 1 aliphatic heterocycles. The zero-order valence-electron chi connectivity index (χ0n) is 11.5. The zero-order valence-corrected chi connectivity index (χ0v) is 13.1. The van der Waals surface area contributed by atoms with Crippen LogP contribution >= 0.6 is 15.9 Å². The molecule has 2 unspecified atom stereocenters. The Bertz CT molecular complexity index is 407. The molecule has 0 bridgehead atoms. The molecule has 0 amide bonds. The maximum absolute atomic E-state index is 3.67. The quantitative estimate of drug-likeness (QED) is 0.920. The molecule has 2 atom stereocenters. The van der Waals surface area contributed by atoms with E-state index in [-0.39, 0.29) is 5.54 Å². The lowest BCUT2D eigenvalue weighted by Crippen LogP contribution is -2.61. The summed E-state index contributed by atoms with van der Waals surface area (Å²) in [5, 5.41) is 3.67. The number of halogens is 1. The molecule has 2 nitrogen and oxygen atoms in total. The van der Waals surface area contributed by atoms with Gasteiger partial charge in [0.2, 0.25) is 0 Å². The lowest BCUT2D eigenvalue weighted by Gasteiger charge is -2.45. The predicted octanol–water partition coefficient (Wildman–Crippen LogP) is 3.41. The van der Waals surface area contributed by atoms with Crippen molar-refractivity contribution in [3.63, 3.8) is 0 Å². The summed E-state index contributed by atoms with van der Waals surface area (Å²) in [6.07, 6.45) is 1.18. The Kier molecular flexibility index (Phi) is 4.46. The number of hydrogen-bond acceptors (Lipinski definition) is 2. The van der Waals surface area contributed by atoms with Crippen LogP contribution < -0.4 is 5.32 Å². The van der Waals surface area contributed by atoms with E-state index in [0.717, 1.165) is 19.6 Å². The molecule has 1 N–H and O–H groups in total. The van der Waals surface area contributed by atoms with Gasteiger partial charge in [0.05, 0.1) is 0 Å². The third kappa shape index (κ3) is 3.34. The Morgan fingerprint density at radius 3 is 2.94 bits per heavy atom. The number of nitrogens with one attached hydrogen (secondary N) is 1. The van der Waals surface area contributed by atoms with Gasteiger partial charge >= 0.3 is 0 Å². The highest BCUT2D eigenvalue weighted by atomic mass is 79.9. The third-order valence-corrected chi connectivity index (χ3v) is 4.55. The summed E-state index contributed by atoms with van der Waals surface area (Å²) in [6, 6.07) is 9.23. The van der Waals surface area contributed by atoms with E-state index in [1.54, 1.807) is 0 Å². The Labute approximate surface area is 119 Å². The van der Waals surface area contributed by atoms with Crippen molar-refractivity contribution in [2.45, 2.75) is 45.3 Å². The Morgan fingerprint density at radius 2 is 2.28 bits per heavy atom. The highest BCUT2D eigenvalue weighted by Crippen LogP contribution is 2.21. The summed E-state index contributed by atoms with van der Waals surface area (Å²) >= 11 is 3.55. The van der Waals surface area contributed by atoms with E-state index in [1.165, 1.54) is 16.5 Å². The first kappa shape index (κ1) is 14.0. The second kappa shape index (κ2) is 5.72. The fourth-order valence-electron chi connectivity index (χ4n) is 2.50. The molecule has 1 aliphatic rings. The third-order valence-electron chi connectivity index (χ3n) is 4.05. The van der Waals surface area contributed by atoms with Crippen molar-refractivity contribution >= 4 is 15.9 Å². The minimum absolute atomic E-state index is 0.262. The van der Waals surface area contributed by atoms with Crippen LogP contribution in [0.25, 0.3) is 0 Å². The molecule has 100 valence electrons. The SMILES string of the molecule is CCC1(C)CN(Cc2cccc(Br)c2)C(C)CN1. The van der Waals surface area contributed by atoms with Gasteiger partial charge in [0.15, 0.2) is 0 Å². The minimum atomic E-state index is 0.262. The summed E-state index contributed by atoms with van der Waals surface area (Å²) in [4.78, 5) is 2.59. The molecule has 1 heterocycles. The monoisotopic (exact) mass is 310 g/mol. The van der Waals surface area contributed by atoms with Crippen molar-refractivity contribution in [3.8, 4) is 0 Å². The van der Waals surface area contributed by atoms with E-state index < -0.39 is 0 Å². The first-order chi connectivity index (χ1) is 8.52. The fourth-order valence-corrected chi connectivity index (χ4v) is 2.95. The van der Waals surface area contributed by atoms with Gasteiger partial charge < -0.3 is 5.32 Å². The van der Waals surface area contributed by atoms with Gasteiger partial charge in [0.1, 0.15) is 0 Å². The van der Waals surface area contributed by atoms with Crippen molar-refractivity contribution in [1.29, 1.82) is 0 Å². The topological polar surface area (TPSA) is 15.3 Å². The zero-order chi connectivity index (χ0) is 13.2. The molecule has 0 spiro atoms. The van der Waals surface area contributed by atoms with E-state index in [1.807, 2.05) is 0 Å². The largest absolute Gasteiger partial charge is 0.309 e.